The first kappa shape index (κ1) is 17.4. The fourth-order valence-corrected chi connectivity index (χ4v) is 3.06. The van der Waals surface area contributed by atoms with Gasteiger partial charge in [-0.25, -0.2) is 8.78 Å². The maximum Gasteiger partial charge on any atom is 0.191 e. The highest BCUT2D eigenvalue weighted by Gasteiger charge is 2.12. The van der Waals surface area contributed by atoms with Gasteiger partial charge in [-0.2, -0.15) is 0 Å². The predicted molar refractivity (Wildman–Crippen MR) is 92.0 cm³/mol. The van der Waals surface area contributed by atoms with Crippen molar-refractivity contribution in [1.29, 1.82) is 0 Å². The van der Waals surface area contributed by atoms with Crippen LogP contribution in [0.1, 0.15) is 28.2 Å². The average Bonchev–Trinajstić information content (AvgIpc) is 2.92. The van der Waals surface area contributed by atoms with E-state index in [-0.39, 0.29) is 5.92 Å². The van der Waals surface area contributed by atoms with Crippen molar-refractivity contribution in [2.24, 2.45) is 4.99 Å². The van der Waals surface area contributed by atoms with Crippen molar-refractivity contribution in [3.05, 3.63) is 57.3 Å². The van der Waals surface area contributed by atoms with E-state index >= 15 is 0 Å². The molecule has 0 fully saturated rings. The number of hydrogen-bond donors (Lipinski definition) is 2. The Bertz CT molecular complexity index is 682. The highest BCUT2D eigenvalue weighted by atomic mass is 32.1. The van der Waals surface area contributed by atoms with Crippen LogP contribution in [0.25, 0.3) is 0 Å². The number of aliphatic imine (C=N–C) groups is 1. The molecule has 0 bridgehead atoms. The predicted octanol–water partition coefficient (Wildman–Crippen LogP) is 3.80. The lowest BCUT2D eigenvalue weighted by Gasteiger charge is -2.16. The Morgan fingerprint density at radius 2 is 2.00 bits per heavy atom. The van der Waals surface area contributed by atoms with Crippen LogP contribution in [0.2, 0.25) is 0 Å². The molecule has 0 aliphatic rings. The fraction of sp³-hybridized carbons (Fsp3) is 0.353. The molecule has 1 heterocycles. The molecule has 0 saturated carbocycles. The topological polar surface area (TPSA) is 36.4 Å². The normalized spacial score (nSPS) is 13.0. The molecule has 0 saturated heterocycles. The van der Waals surface area contributed by atoms with E-state index in [0.29, 0.717) is 24.6 Å². The summed E-state index contributed by atoms with van der Waals surface area (Å²) < 4.78 is 26.7. The zero-order valence-corrected chi connectivity index (χ0v) is 14.3. The minimum Gasteiger partial charge on any atom is -0.356 e. The molecule has 1 atom stereocenters. The zero-order valence-electron chi connectivity index (χ0n) is 13.5. The molecule has 2 rings (SSSR count). The first-order valence-electron chi connectivity index (χ1n) is 7.44. The van der Waals surface area contributed by atoms with Gasteiger partial charge in [0.15, 0.2) is 5.96 Å². The first-order chi connectivity index (χ1) is 11.0. The van der Waals surface area contributed by atoms with Crippen LogP contribution in [0.5, 0.6) is 0 Å². The van der Waals surface area contributed by atoms with Gasteiger partial charge in [0.2, 0.25) is 0 Å². The van der Waals surface area contributed by atoms with E-state index in [0.717, 1.165) is 6.07 Å². The van der Waals surface area contributed by atoms with Crippen molar-refractivity contribution in [1.82, 2.24) is 10.6 Å². The highest BCUT2D eigenvalue weighted by Crippen LogP contribution is 2.19. The van der Waals surface area contributed by atoms with Gasteiger partial charge in [0.1, 0.15) is 11.6 Å². The number of thiophene rings is 1. The van der Waals surface area contributed by atoms with Gasteiger partial charge < -0.3 is 10.6 Å². The summed E-state index contributed by atoms with van der Waals surface area (Å²) in [6.07, 6.45) is 0. The third kappa shape index (κ3) is 5.03. The van der Waals surface area contributed by atoms with Crippen molar-refractivity contribution < 1.29 is 8.78 Å². The molecule has 0 aliphatic carbocycles. The van der Waals surface area contributed by atoms with Crippen LogP contribution in [0, 0.1) is 18.6 Å². The van der Waals surface area contributed by atoms with Crippen molar-refractivity contribution in [2.75, 3.05) is 13.6 Å². The van der Waals surface area contributed by atoms with E-state index < -0.39 is 11.6 Å². The van der Waals surface area contributed by atoms with Crippen molar-refractivity contribution >= 4 is 17.3 Å². The van der Waals surface area contributed by atoms with Crippen molar-refractivity contribution in [3.63, 3.8) is 0 Å². The summed E-state index contributed by atoms with van der Waals surface area (Å²) in [5, 5.41) is 6.39. The summed E-state index contributed by atoms with van der Waals surface area (Å²) in [7, 11) is 1.69. The van der Waals surface area contributed by atoms with E-state index in [2.05, 4.69) is 34.7 Å². The number of aryl methyl sites for hydroxylation is 1. The molecule has 2 N–H and O–H groups in total. The molecular weight excluding hydrogens is 316 g/mol. The van der Waals surface area contributed by atoms with Gasteiger partial charge in [-0.05, 0) is 30.7 Å². The second-order valence-electron chi connectivity index (χ2n) is 5.39. The third-order valence-electron chi connectivity index (χ3n) is 3.52. The molecule has 6 heteroatoms. The second-order valence-corrected chi connectivity index (χ2v) is 6.76. The lowest BCUT2D eigenvalue weighted by atomic mass is 10.0. The first-order valence-corrected chi connectivity index (χ1v) is 8.26. The summed E-state index contributed by atoms with van der Waals surface area (Å²) in [6.45, 7) is 5.16. The number of rotatable bonds is 5. The van der Waals surface area contributed by atoms with Crippen LogP contribution in [0.4, 0.5) is 8.78 Å². The smallest absolute Gasteiger partial charge is 0.191 e. The van der Waals surface area contributed by atoms with Crippen molar-refractivity contribution in [3.8, 4) is 0 Å². The number of nitrogens with zero attached hydrogens (tertiary/aromatic N) is 1. The number of nitrogens with one attached hydrogen (secondary N) is 2. The van der Waals surface area contributed by atoms with Gasteiger partial charge in [-0.15, -0.1) is 11.3 Å². The van der Waals surface area contributed by atoms with Gasteiger partial charge in [-0.3, -0.25) is 4.99 Å². The molecule has 0 radical (unpaired) electrons. The summed E-state index contributed by atoms with van der Waals surface area (Å²) in [5.74, 6) is -0.519. The minimum atomic E-state index is -0.560. The summed E-state index contributed by atoms with van der Waals surface area (Å²) in [6, 6.07) is 7.84. The van der Waals surface area contributed by atoms with Crippen LogP contribution in [0.3, 0.4) is 0 Å². The highest BCUT2D eigenvalue weighted by molar-refractivity contribution is 7.11. The molecule has 2 aromatic rings. The standard InChI is InChI=1S/C17H21F2N3S/c1-11(15-7-5-13(18)8-16(15)19)9-21-17(20-3)22-10-14-6-4-12(2)23-14/h4-8,11H,9-10H2,1-3H3,(H2,20,21,22). The molecule has 23 heavy (non-hydrogen) atoms. The van der Waals surface area contributed by atoms with Crippen LogP contribution < -0.4 is 10.6 Å². The molecule has 1 aromatic carbocycles. The maximum absolute atomic E-state index is 13.8. The fourth-order valence-electron chi connectivity index (χ4n) is 2.23. The Hall–Kier alpha value is -1.95. The summed E-state index contributed by atoms with van der Waals surface area (Å²) in [4.78, 5) is 6.65. The van der Waals surface area contributed by atoms with Crippen LogP contribution in [-0.4, -0.2) is 19.6 Å². The number of benzene rings is 1. The molecule has 0 spiro atoms. The third-order valence-corrected chi connectivity index (χ3v) is 4.52. The van der Waals surface area contributed by atoms with E-state index in [9.17, 15) is 8.78 Å². The van der Waals surface area contributed by atoms with E-state index in [4.69, 9.17) is 0 Å². The van der Waals surface area contributed by atoms with Crippen LogP contribution in [0.15, 0.2) is 35.3 Å². The number of hydrogen-bond acceptors (Lipinski definition) is 2. The summed E-state index contributed by atoms with van der Waals surface area (Å²) in [5.41, 5.74) is 0.489. The Balaban J connectivity index is 1.87. The largest absolute Gasteiger partial charge is 0.356 e. The lowest BCUT2D eigenvalue weighted by Crippen LogP contribution is -2.38. The molecule has 1 aromatic heterocycles. The Kier molecular flexibility index (Phi) is 6.10. The van der Waals surface area contributed by atoms with Crippen LogP contribution in [-0.2, 0) is 6.54 Å². The van der Waals surface area contributed by atoms with E-state index in [1.807, 2.05) is 6.92 Å². The van der Waals surface area contributed by atoms with E-state index in [1.54, 1.807) is 18.4 Å². The number of guanidine groups is 1. The van der Waals surface area contributed by atoms with Gasteiger partial charge in [-0.1, -0.05) is 13.0 Å². The zero-order chi connectivity index (χ0) is 16.8. The average molecular weight is 337 g/mol. The van der Waals surface area contributed by atoms with Gasteiger partial charge >= 0.3 is 0 Å². The van der Waals surface area contributed by atoms with Gasteiger partial charge in [0.05, 0.1) is 6.54 Å². The minimum absolute atomic E-state index is 0.0990. The molecule has 0 aliphatic heterocycles. The lowest BCUT2D eigenvalue weighted by molar-refractivity contribution is 0.556. The second kappa shape index (κ2) is 8.06. The van der Waals surface area contributed by atoms with Crippen LogP contribution >= 0.6 is 11.3 Å². The maximum atomic E-state index is 13.8. The quantitative estimate of drug-likeness (QED) is 0.643. The molecule has 3 nitrogen and oxygen atoms in total. The molecule has 1 unspecified atom stereocenters. The van der Waals surface area contributed by atoms with Crippen molar-refractivity contribution in [2.45, 2.75) is 26.3 Å². The summed E-state index contributed by atoms with van der Waals surface area (Å²) >= 11 is 1.73. The van der Waals surface area contributed by atoms with E-state index in [1.165, 1.54) is 21.9 Å². The molecule has 124 valence electrons. The Labute approximate surface area is 139 Å². The number of halogens is 2. The Morgan fingerprint density at radius 3 is 2.61 bits per heavy atom. The monoisotopic (exact) mass is 337 g/mol. The van der Waals surface area contributed by atoms with Gasteiger partial charge in [0, 0.05) is 35.3 Å². The van der Waals surface area contributed by atoms with Gasteiger partial charge in [0.25, 0.3) is 0 Å². The molecular formula is C17H21F2N3S. The SMILES string of the molecule is CN=C(NCc1ccc(C)s1)NCC(C)c1ccc(F)cc1F. The Morgan fingerprint density at radius 1 is 1.22 bits per heavy atom. The molecule has 0 amide bonds.